The second-order valence-corrected chi connectivity index (χ2v) is 7.16. The molecule has 0 aliphatic carbocycles. The van der Waals surface area contributed by atoms with Crippen LogP contribution >= 0.6 is 11.3 Å². The van der Waals surface area contributed by atoms with E-state index in [9.17, 15) is 9.59 Å². The summed E-state index contributed by atoms with van der Waals surface area (Å²) in [6.45, 7) is 5.98. The van der Waals surface area contributed by atoms with E-state index < -0.39 is 12.1 Å². The molecule has 0 fully saturated rings. The van der Waals surface area contributed by atoms with Gasteiger partial charge in [0.2, 0.25) is 0 Å². The minimum absolute atomic E-state index is 0.120. The molecule has 26 heavy (non-hydrogen) atoms. The van der Waals surface area contributed by atoms with Crippen LogP contribution in [0.3, 0.4) is 0 Å². The van der Waals surface area contributed by atoms with Crippen molar-refractivity contribution in [2.45, 2.75) is 39.7 Å². The first-order valence-corrected chi connectivity index (χ1v) is 9.61. The minimum Gasteiger partial charge on any atom is -0.478 e. The molecule has 1 aliphatic heterocycles. The first-order chi connectivity index (χ1) is 12.5. The summed E-state index contributed by atoms with van der Waals surface area (Å²) in [5, 5.41) is 2.94. The van der Waals surface area contributed by atoms with Gasteiger partial charge in [-0.1, -0.05) is 13.8 Å². The molecule has 1 aromatic heterocycles. The third-order valence-corrected chi connectivity index (χ3v) is 4.87. The van der Waals surface area contributed by atoms with Crippen LogP contribution in [-0.4, -0.2) is 36.1 Å². The van der Waals surface area contributed by atoms with Gasteiger partial charge in [-0.05, 0) is 38.0 Å². The van der Waals surface area contributed by atoms with E-state index in [1.165, 1.54) is 4.90 Å². The van der Waals surface area contributed by atoms with E-state index in [1.54, 1.807) is 11.3 Å². The zero-order chi connectivity index (χ0) is 18.7. The van der Waals surface area contributed by atoms with Crippen LogP contribution in [0.25, 0.3) is 11.3 Å². The van der Waals surface area contributed by atoms with Gasteiger partial charge in [0.05, 0.1) is 23.0 Å². The molecule has 1 amide bonds. The van der Waals surface area contributed by atoms with Gasteiger partial charge in [-0.15, -0.1) is 11.3 Å². The molecule has 6 nitrogen and oxygen atoms in total. The summed E-state index contributed by atoms with van der Waals surface area (Å²) < 4.78 is 11.0. The molecule has 2 aromatic rings. The zero-order valence-corrected chi connectivity index (χ0v) is 16.0. The Hall–Kier alpha value is -2.41. The number of aromatic nitrogens is 1. The van der Waals surface area contributed by atoms with Crippen molar-refractivity contribution in [3.63, 3.8) is 0 Å². The number of nitrogens with zero attached hydrogens (tertiary/aromatic N) is 2. The minimum atomic E-state index is -0.589. The number of carbonyl (C=O) groups excluding carboxylic acids is 2. The number of esters is 1. The van der Waals surface area contributed by atoms with Gasteiger partial charge in [-0.2, -0.15) is 0 Å². The summed E-state index contributed by atoms with van der Waals surface area (Å²) in [6.07, 6.45) is 0.685. The van der Waals surface area contributed by atoms with Crippen molar-refractivity contribution in [3.8, 4) is 17.0 Å². The van der Waals surface area contributed by atoms with Crippen molar-refractivity contribution >= 4 is 28.9 Å². The Balaban J connectivity index is 1.95. The first kappa shape index (κ1) is 18.4. The van der Waals surface area contributed by atoms with Crippen LogP contribution in [0.4, 0.5) is 5.69 Å². The predicted octanol–water partition coefficient (Wildman–Crippen LogP) is 3.58. The van der Waals surface area contributed by atoms with Crippen molar-refractivity contribution in [3.05, 3.63) is 28.6 Å². The molecule has 0 N–H and O–H groups in total. The fourth-order valence-electron chi connectivity index (χ4n) is 2.79. The topological polar surface area (TPSA) is 68.7 Å². The van der Waals surface area contributed by atoms with Crippen molar-refractivity contribution < 1.29 is 19.1 Å². The number of rotatable bonds is 6. The van der Waals surface area contributed by atoms with E-state index in [0.717, 1.165) is 22.7 Å². The molecule has 1 aliphatic rings. The number of fused-ring (bicyclic) bond motifs is 1. The van der Waals surface area contributed by atoms with Gasteiger partial charge in [-0.3, -0.25) is 14.5 Å². The summed E-state index contributed by atoms with van der Waals surface area (Å²) in [7, 11) is 0. The van der Waals surface area contributed by atoms with Gasteiger partial charge in [0.25, 0.3) is 5.91 Å². The highest BCUT2D eigenvalue weighted by Crippen LogP contribution is 2.38. The molecule has 0 spiro atoms. The van der Waals surface area contributed by atoms with Crippen LogP contribution in [0.1, 0.15) is 31.7 Å². The molecule has 0 saturated carbocycles. The number of aryl methyl sites for hydroxylation is 1. The molecule has 1 aromatic carbocycles. The van der Waals surface area contributed by atoms with Gasteiger partial charge in [0.15, 0.2) is 6.10 Å². The number of benzene rings is 1. The van der Waals surface area contributed by atoms with E-state index in [-0.39, 0.29) is 12.5 Å². The maximum Gasteiger partial charge on any atom is 0.326 e. The highest BCUT2D eigenvalue weighted by atomic mass is 32.1. The van der Waals surface area contributed by atoms with Crippen LogP contribution in [0, 0.1) is 6.92 Å². The average Bonchev–Trinajstić information content (AvgIpc) is 3.08. The molecule has 3 rings (SSSR count). The van der Waals surface area contributed by atoms with Crippen LogP contribution in [-0.2, 0) is 14.3 Å². The van der Waals surface area contributed by atoms with Crippen molar-refractivity contribution in [2.75, 3.05) is 18.1 Å². The molecule has 0 saturated heterocycles. The molecule has 0 radical (unpaired) electrons. The standard InChI is InChI=1S/C19H22N2O4S/c1-4-8-24-18(22)10-21-15-9-13(14-11-26-12(3)20-14)6-7-17(15)25-16(5-2)19(21)23/h6-7,9,11,16H,4-5,8,10H2,1-3H3. The van der Waals surface area contributed by atoms with Gasteiger partial charge < -0.3 is 9.47 Å². The molecule has 138 valence electrons. The second kappa shape index (κ2) is 7.86. The lowest BCUT2D eigenvalue weighted by Gasteiger charge is -2.33. The van der Waals surface area contributed by atoms with Gasteiger partial charge in [-0.25, -0.2) is 4.98 Å². The monoisotopic (exact) mass is 374 g/mol. The molecule has 2 heterocycles. The molecular formula is C19H22N2O4S. The van der Waals surface area contributed by atoms with Crippen LogP contribution in [0.2, 0.25) is 0 Å². The Bertz CT molecular complexity index is 818. The van der Waals surface area contributed by atoms with E-state index in [2.05, 4.69) is 4.98 Å². The number of amides is 1. The number of hydrogen-bond donors (Lipinski definition) is 0. The Morgan fingerprint density at radius 3 is 2.85 bits per heavy atom. The fraction of sp³-hybridized carbons (Fsp3) is 0.421. The maximum absolute atomic E-state index is 12.8. The molecular weight excluding hydrogens is 352 g/mol. The number of anilines is 1. The normalized spacial score (nSPS) is 16.2. The number of ether oxygens (including phenoxy) is 2. The summed E-state index contributed by atoms with van der Waals surface area (Å²) >= 11 is 1.56. The zero-order valence-electron chi connectivity index (χ0n) is 15.2. The van der Waals surface area contributed by atoms with Crippen LogP contribution in [0.5, 0.6) is 5.75 Å². The predicted molar refractivity (Wildman–Crippen MR) is 101 cm³/mol. The van der Waals surface area contributed by atoms with Crippen molar-refractivity contribution in [1.29, 1.82) is 0 Å². The highest BCUT2D eigenvalue weighted by molar-refractivity contribution is 7.09. The highest BCUT2D eigenvalue weighted by Gasteiger charge is 2.35. The fourth-order valence-corrected chi connectivity index (χ4v) is 3.41. The third-order valence-electron chi connectivity index (χ3n) is 4.10. The summed E-state index contributed by atoms with van der Waals surface area (Å²) in [5.74, 6) is -0.0479. The number of hydrogen-bond acceptors (Lipinski definition) is 6. The second-order valence-electron chi connectivity index (χ2n) is 6.09. The van der Waals surface area contributed by atoms with E-state index in [0.29, 0.717) is 24.5 Å². The van der Waals surface area contributed by atoms with Crippen LogP contribution in [0.15, 0.2) is 23.6 Å². The van der Waals surface area contributed by atoms with E-state index >= 15 is 0 Å². The summed E-state index contributed by atoms with van der Waals surface area (Å²) in [4.78, 5) is 30.8. The number of thiazole rings is 1. The Kier molecular flexibility index (Phi) is 5.56. The summed E-state index contributed by atoms with van der Waals surface area (Å²) in [5.41, 5.74) is 2.30. The first-order valence-electron chi connectivity index (χ1n) is 8.73. The molecule has 1 unspecified atom stereocenters. The van der Waals surface area contributed by atoms with E-state index in [1.807, 2.05) is 44.4 Å². The lowest BCUT2D eigenvalue weighted by atomic mass is 10.1. The van der Waals surface area contributed by atoms with E-state index in [4.69, 9.17) is 9.47 Å². The Morgan fingerprint density at radius 2 is 2.19 bits per heavy atom. The molecule has 1 atom stereocenters. The average molecular weight is 374 g/mol. The third kappa shape index (κ3) is 3.72. The summed E-state index contributed by atoms with van der Waals surface area (Å²) in [6, 6.07) is 5.60. The quantitative estimate of drug-likeness (QED) is 0.723. The number of carbonyl (C=O) groups is 2. The largest absolute Gasteiger partial charge is 0.478 e. The molecule has 7 heteroatoms. The van der Waals surface area contributed by atoms with Gasteiger partial charge in [0, 0.05) is 10.9 Å². The lowest BCUT2D eigenvalue weighted by molar-refractivity contribution is -0.143. The maximum atomic E-state index is 12.8. The van der Waals surface area contributed by atoms with Gasteiger partial charge in [0.1, 0.15) is 12.3 Å². The Morgan fingerprint density at radius 1 is 1.38 bits per heavy atom. The Labute approximate surface area is 156 Å². The smallest absolute Gasteiger partial charge is 0.326 e. The lowest BCUT2D eigenvalue weighted by Crippen LogP contribution is -2.48. The van der Waals surface area contributed by atoms with Crippen molar-refractivity contribution in [2.24, 2.45) is 0 Å². The molecule has 0 bridgehead atoms. The van der Waals surface area contributed by atoms with Crippen molar-refractivity contribution in [1.82, 2.24) is 4.98 Å². The SMILES string of the molecule is CCCOC(=O)CN1C(=O)C(CC)Oc2ccc(-c3csc(C)n3)cc21. The van der Waals surface area contributed by atoms with Crippen LogP contribution < -0.4 is 9.64 Å². The van der Waals surface area contributed by atoms with Gasteiger partial charge >= 0.3 is 5.97 Å².